The number of rotatable bonds is 3. The summed E-state index contributed by atoms with van der Waals surface area (Å²) in [4.78, 5) is 25.8. The summed E-state index contributed by atoms with van der Waals surface area (Å²) in [5.74, 6) is -0.0427. The molecule has 2 amide bonds. The van der Waals surface area contributed by atoms with Gasteiger partial charge in [0, 0.05) is 30.5 Å². The predicted molar refractivity (Wildman–Crippen MR) is 93.5 cm³/mol. The topological polar surface area (TPSA) is 75.4 Å². The molecular weight excluding hydrogens is 314 g/mol. The largest absolute Gasteiger partial charge is 0.347 e. The van der Waals surface area contributed by atoms with Crippen LogP contribution in [-0.2, 0) is 9.59 Å². The summed E-state index contributed by atoms with van der Waals surface area (Å²) in [6.07, 6.45) is 0. The van der Waals surface area contributed by atoms with E-state index in [1.807, 2.05) is 51.1 Å². The van der Waals surface area contributed by atoms with E-state index in [2.05, 4.69) is 5.32 Å². The lowest BCUT2D eigenvalue weighted by Crippen LogP contribution is -2.43. The van der Waals surface area contributed by atoms with E-state index in [0.717, 1.165) is 5.56 Å². The Labute approximate surface area is 144 Å². The van der Waals surface area contributed by atoms with Crippen molar-refractivity contribution in [2.24, 2.45) is 11.1 Å². The molecule has 6 heteroatoms. The van der Waals surface area contributed by atoms with Gasteiger partial charge in [-0.3, -0.25) is 9.59 Å². The summed E-state index contributed by atoms with van der Waals surface area (Å²) in [7, 11) is 0. The van der Waals surface area contributed by atoms with E-state index in [4.69, 9.17) is 5.73 Å². The van der Waals surface area contributed by atoms with E-state index in [1.54, 1.807) is 4.90 Å². The quantitative estimate of drug-likeness (QED) is 0.876. The second-order valence-electron chi connectivity index (χ2n) is 6.91. The van der Waals surface area contributed by atoms with Crippen LogP contribution in [0.5, 0.6) is 0 Å². The molecule has 0 radical (unpaired) electrons. The third-order valence-corrected chi connectivity index (χ3v) is 4.03. The number of hydrogen-bond acceptors (Lipinski definition) is 3. The number of hydrogen-bond donors (Lipinski definition) is 2. The molecule has 0 saturated carbocycles. The molecule has 0 spiro atoms. The van der Waals surface area contributed by atoms with Crippen LogP contribution < -0.4 is 11.1 Å². The van der Waals surface area contributed by atoms with E-state index >= 15 is 0 Å². The Hall–Kier alpha value is -1.59. The summed E-state index contributed by atoms with van der Waals surface area (Å²) in [5.41, 5.74) is 6.85. The molecule has 0 aromatic heterocycles. The van der Waals surface area contributed by atoms with Crippen LogP contribution in [0.15, 0.2) is 30.3 Å². The molecule has 2 rings (SSSR count). The van der Waals surface area contributed by atoms with Crippen molar-refractivity contribution in [3.8, 4) is 0 Å². The van der Waals surface area contributed by atoms with Gasteiger partial charge in [0.05, 0.1) is 6.54 Å². The van der Waals surface area contributed by atoms with Gasteiger partial charge in [0.2, 0.25) is 11.8 Å². The molecular formula is C17H26ClN3O2. The van der Waals surface area contributed by atoms with Crippen molar-refractivity contribution in [1.82, 2.24) is 10.2 Å². The number of nitrogens with one attached hydrogen (secondary N) is 1. The summed E-state index contributed by atoms with van der Waals surface area (Å²) in [6.45, 7) is 6.64. The lowest BCUT2D eigenvalue weighted by Gasteiger charge is -2.20. The van der Waals surface area contributed by atoms with Gasteiger partial charge in [-0.25, -0.2) is 0 Å². The molecule has 3 N–H and O–H groups in total. The van der Waals surface area contributed by atoms with Gasteiger partial charge in [-0.15, -0.1) is 12.4 Å². The normalized spacial score (nSPS) is 20.8. The highest BCUT2D eigenvalue weighted by Gasteiger charge is 2.34. The summed E-state index contributed by atoms with van der Waals surface area (Å²) < 4.78 is 0. The van der Waals surface area contributed by atoms with Gasteiger partial charge in [-0.1, -0.05) is 51.1 Å². The highest BCUT2D eigenvalue weighted by molar-refractivity contribution is 5.87. The molecule has 1 saturated heterocycles. The number of halogens is 1. The molecule has 1 aromatic carbocycles. The minimum Gasteiger partial charge on any atom is -0.347 e. The van der Waals surface area contributed by atoms with Gasteiger partial charge >= 0.3 is 0 Å². The molecule has 2 atom stereocenters. The first-order valence-corrected chi connectivity index (χ1v) is 7.65. The zero-order valence-electron chi connectivity index (χ0n) is 13.9. The van der Waals surface area contributed by atoms with Crippen LogP contribution in [-0.4, -0.2) is 42.4 Å². The molecule has 1 aromatic rings. The van der Waals surface area contributed by atoms with Crippen LogP contribution in [0.2, 0.25) is 0 Å². The highest BCUT2D eigenvalue weighted by atomic mass is 35.5. The van der Waals surface area contributed by atoms with Crippen molar-refractivity contribution >= 4 is 24.2 Å². The van der Waals surface area contributed by atoms with Gasteiger partial charge in [0.15, 0.2) is 0 Å². The van der Waals surface area contributed by atoms with Gasteiger partial charge in [0.1, 0.15) is 0 Å². The fraction of sp³-hybridized carbons (Fsp3) is 0.529. The number of carbonyl (C=O) groups is 2. The second-order valence-corrected chi connectivity index (χ2v) is 6.91. The first-order valence-electron chi connectivity index (χ1n) is 7.65. The first-order chi connectivity index (χ1) is 10.3. The van der Waals surface area contributed by atoms with E-state index < -0.39 is 5.41 Å². The predicted octanol–water partition coefficient (Wildman–Crippen LogP) is 1.52. The highest BCUT2D eigenvalue weighted by Crippen LogP contribution is 2.26. The molecule has 5 nitrogen and oxygen atoms in total. The van der Waals surface area contributed by atoms with Crippen LogP contribution in [0.3, 0.4) is 0 Å². The number of likely N-dealkylation sites (tertiary alicyclic amines) is 1. The first kappa shape index (κ1) is 19.5. The van der Waals surface area contributed by atoms with Crippen LogP contribution in [0.1, 0.15) is 32.3 Å². The Kier molecular flexibility index (Phi) is 6.59. The maximum Gasteiger partial charge on any atom is 0.242 e. The number of nitrogens with zero attached hydrogens (tertiary/aromatic N) is 1. The summed E-state index contributed by atoms with van der Waals surface area (Å²) in [5, 5.41) is 2.70. The molecule has 0 bridgehead atoms. The zero-order valence-corrected chi connectivity index (χ0v) is 14.7. The fourth-order valence-corrected chi connectivity index (χ4v) is 2.62. The number of benzene rings is 1. The summed E-state index contributed by atoms with van der Waals surface area (Å²) >= 11 is 0. The Bertz CT molecular complexity index is 543. The zero-order chi connectivity index (χ0) is 16.3. The lowest BCUT2D eigenvalue weighted by molar-refractivity contribution is -0.134. The number of carbonyl (C=O) groups excluding carboxylic acids is 2. The van der Waals surface area contributed by atoms with Gasteiger partial charge in [0.25, 0.3) is 0 Å². The maximum absolute atomic E-state index is 12.3. The molecule has 1 fully saturated rings. The Morgan fingerprint density at radius 2 is 1.83 bits per heavy atom. The van der Waals surface area contributed by atoms with Crippen LogP contribution >= 0.6 is 12.4 Å². The van der Waals surface area contributed by atoms with Crippen molar-refractivity contribution in [3.63, 3.8) is 0 Å². The van der Waals surface area contributed by atoms with Crippen LogP contribution in [0.25, 0.3) is 0 Å². The standard InChI is InChI=1S/C17H25N3O2.ClH/c1-17(2,3)16(22)19-9-15(21)20-10-13(14(18)11-20)12-7-5-4-6-8-12;/h4-8,13-14H,9-11,18H2,1-3H3,(H,19,22);1H/t13-,14+;/m0./s1. The number of nitrogens with two attached hydrogens (primary N) is 1. The monoisotopic (exact) mass is 339 g/mol. The van der Waals surface area contributed by atoms with Crippen molar-refractivity contribution in [2.45, 2.75) is 32.7 Å². The fourth-order valence-electron chi connectivity index (χ4n) is 2.62. The number of amides is 2. The Morgan fingerprint density at radius 1 is 1.22 bits per heavy atom. The minimum absolute atomic E-state index is 0. The van der Waals surface area contributed by atoms with Crippen molar-refractivity contribution in [1.29, 1.82) is 0 Å². The molecule has 0 aliphatic carbocycles. The SMILES string of the molecule is CC(C)(C)C(=O)NCC(=O)N1C[C@@H](N)[C@H](c2ccccc2)C1.Cl. The molecule has 1 aliphatic rings. The van der Waals surface area contributed by atoms with E-state index in [1.165, 1.54) is 0 Å². The average Bonchev–Trinajstić information content (AvgIpc) is 2.86. The van der Waals surface area contributed by atoms with Gasteiger partial charge in [-0.05, 0) is 5.56 Å². The summed E-state index contributed by atoms with van der Waals surface area (Å²) in [6, 6.07) is 9.95. The molecule has 0 unspecified atom stereocenters. The smallest absolute Gasteiger partial charge is 0.242 e. The third-order valence-electron chi connectivity index (χ3n) is 4.03. The van der Waals surface area contributed by atoms with Crippen LogP contribution in [0, 0.1) is 5.41 Å². The Morgan fingerprint density at radius 3 is 2.39 bits per heavy atom. The minimum atomic E-state index is -0.492. The van der Waals surface area contributed by atoms with Gasteiger partial charge in [-0.2, -0.15) is 0 Å². The molecule has 128 valence electrons. The third kappa shape index (κ3) is 4.94. The molecule has 1 heterocycles. The lowest BCUT2D eigenvalue weighted by atomic mass is 9.95. The maximum atomic E-state index is 12.3. The molecule has 1 aliphatic heterocycles. The van der Waals surface area contributed by atoms with Crippen molar-refractivity contribution in [2.75, 3.05) is 19.6 Å². The van der Waals surface area contributed by atoms with Crippen LogP contribution in [0.4, 0.5) is 0 Å². The van der Waals surface area contributed by atoms with E-state index in [9.17, 15) is 9.59 Å². The second kappa shape index (κ2) is 7.79. The molecule has 23 heavy (non-hydrogen) atoms. The van der Waals surface area contributed by atoms with E-state index in [0.29, 0.717) is 13.1 Å². The van der Waals surface area contributed by atoms with Crippen molar-refractivity contribution in [3.05, 3.63) is 35.9 Å². The Balaban J connectivity index is 0.00000264. The van der Waals surface area contributed by atoms with E-state index in [-0.39, 0.29) is 42.7 Å². The van der Waals surface area contributed by atoms with Crippen molar-refractivity contribution < 1.29 is 9.59 Å². The van der Waals surface area contributed by atoms with Gasteiger partial charge < -0.3 is 16.0 Å². The average molecular weight is 340 g/mol.